The first-order valence-corrected chi connectivity index (χ1v) is 11.0. The van der Waals surface area contributed by atoms with Crippen LogP contribution in [0.5, 0.6) is 0 Å². The van der Waals surface area contributed by atoms with Crippen molar-refractivity contribution in [1.82, 2.24) is 4.98 Å². The van der Waals surface area contributed by atoms with Crippen molar-refractivity contribution in [2.75, 3.05) is 22.3 Å². The molecule has 0 radical (unpaired) electrons. The van der Waals surface area contributed by atoms with Crippen LogP contribution in [0.1, 0.15) is 17.5 Å². The first kappa shape index (κ1) is 19.9. The molecule has 6 heteroatoms. The van der Waals surface area contributed by atoms with Gasteiger partial charge in [0.05, 0.1) is 17.6 Å². The summed E-state index contributed by atoms with van der Waals surface area (Å²) in [5.74, 6) is 0.775. The van der Waals surface area contributed by atoms with Crippen LogP contribution in [0.25, 0.3) is 0 Å². The molecule has 5 nitrogen and oxygen atoms in total. The van der Waals surface area contributed by atoms with Crippen molar-refractivity contribution in [2.45, 2.75) is 19.3 Å². The second kappa shape index (κ2) is 9.90. The highest BCUT2D eigenvalue weighted by Crippen LogP contribution is 2.13. The number of sulfonamides is 1. The molecule has 0 saturated carbocycles. The highest BCUT2D eigenvalue weighted by atomic mass is 32.2. The van der Waals surface area contributed by atoms with Gasteiger partial charge in [-0.1, -0.05) is 60.7 Å². The summed E-state index contributed by atoms with van der Waals surface area (Å²) < 4.78 is 27.1. The Morgan fingerprint density at radius 2 is 1.43 bits per heavy atom. The minimum absolute atomic E-state index is 0.0382. The molecule has 3 rings (SSSR count). The smallest absolute Gasteiger partial charge is 0.233 e. The fourth-order valence-corrected chi connectivity index (χ4v) is 3.93. The molecule has 0 saturated heterocycles. The number of hydrogen-bond acceptors (Lipinski definition) is 4. The normalized spacial score (nSPS) is 11.1. The molecule has 0 aliphatic rings. The molecule has 0 atom stereocenters. The molecule has 0 bridgehead atoms. The summed E-state index contributed by atoms with van der Waals surface area (Å²) in [5, 5.41) is 3.26. The molecule has 3 aromatic rings. The van der Waals surface area contributed by atoms with Crippen molar-refractivity contribution < 1.29 is 8.42 Å². The number of hydrogen-bond donors (Lipinski definition) is 2. The Morgan fingerprint density at radius 3 is 2.04 bits per heavy atom. The lowest BCUT2D eigenvalue weighted by molar-refractivity contribution is 0.600. The highest BCUT2D eigenvalue weighted by Gasteiger charge is 2.11. The molecule has 0 fully saturated rings. The standard InChI is InChI=1S/C22H25N3O2S/c26-28(27,17-15-20-10-5-2-6-11-20)25-21-13-14-22(24-18-21)23-16-7-12-19-8-3-1-4-9-19/h1-6,8-11,13-14,18,25H,7,12,15-17H2,(H,23,24). The second-order valence-corrected chi connectivity index (χ2v) is 8.45. The number of anilines is 2. The topological polar surface area (TPSA) is 71.1 Å². The third-order valence-corrected chi connectivity index (χ3v) is 5.62. The quantitative estimate of drug-likeness (QED) is 0.507. The van der Waals surface area contributed by atoms with Gasteiger partial charge in [0, 0.05) is 6.54 Å². The first-order valence-electron chi connectivity index (χ1n) is 9.39. The van der Waals surface area contributed by atoms with Crippen LogP contribution >= 0.6 is 0 Å². The van der Waals surface area contributed by atoms with E-state index in [1.165, 1.54) is 5.56 Å². The van der Waals surface area contributed by atoms with Gasteiger partial charge in [-0.3, -0.25) is 4.72 Å². The molecule has 0 amide bonds. The SMILES string of the molecule is O=S(=O)(CCc1ccccc1)Nc1ccc(NCCCc2ccccc2)nc1. The van der Waals surface area contributed by atoms with E-state index < -0.39 is 10.0 Å². The maximum Gasteiger partial charge on any atom is 0.233 e. The summed E-state index contributed by atoms with van der Waals surface area (Å²) in [5.41, 5.74) is 2.79. The lowest BCUT2D eigenvalue weighted by Gasteiger charge is -2.09. The molecule has 0 aliphatic heterocycles. The number of aryl methyl sites for hydroxylation is 2. The number of benzene rings is 2. The number of nitrogens with one attached hydrogen (secondary N) is 2. The van der Waals surface area contributed by atoms with Crippen molar-refractivity contribution in [3.8, 4) is 0 Å². The number of aromatic nitrogens is 1. The van der Waals surface area contributed by atoms with Crippen molar-refractivity contribution >= 4 is 21.5 Å². The molecular weight excluding hydrogens is 370 g/mol. The Bertz CT molecular complexity index is 944. The van der Waals surface area contributed by atoms with Crippen LogP contribution in [0.2, 0.25) is 0 Å². The van der Waals surface area contributed by atoms with Crippen molar-refractivity contribution in [3.63, 3.8) is 0 Å². The van der Waals surface area contributed by atoms with Crippen LogP contribution < -0.4 is 10.0 Å². The van der Waals surface area contributed by atoms with Gasteiger partial charge in [0.15, 0.2) is 0 Å². The molecule has 2 aromatic carbocycles. The Morgan fingerprint density at radius 1 is 0.786 bits per heavy atom. The van der Waals surface area contributed by atoms with E-state index in [4.69, 9.17) is 0 Å². The summed E-state index contributed by atoms with van der Waals surface area (Å²) >= 11 is 0. The minimum atomic E-state index is -3.41. The Balaban J connectivity index is 1.43. The van der Waals surface area contributed by atoms with Gasteiger partial charge in [-0.25, -0.2) is 13.4 Å². The monoisotopic (exact) mass is 395 g/mol. The van der Waals surface area contributed by atoms with E-state index in [0.717, 1.165) is 30.8 Å². The van der Waals surface area contributed by atoms with E-state index in [2.05, 4.69) is 27.2 Å². The fourth-order valence-electron chi connectivity index (χ4n) is 2.84. The van der Waals surface area contributed by atoms with Crippen LogP contribution in [0.4, 0.5) is 11.5 Å². The Hall–Kier alpha value is -2.86. The summed E-state index contributed by atoms with van der Waals surface area (Å²) in [4.78, 5) is 4.29. The molecule has 1 heterocycles. The number of nitrogens with zero attached hydrogens (tertiary/aromatic N) is 1. The number of pyridine rings is 1. The maximum absolute atomic E-state index is 12.2. The van der Waals surface area contributed by atoms with Crippen molar-refractivity contribution in [1.29, 1.82) is 0 Å². The van der Waals surface area contributed by atoms with E-state index in [0.29, 0.717) is 12.1 Å². The molecule has 0 unspecified atom stereocenters. The van der Waals surface area contributed by atoms with Crippen molar-refractivity contribution in [2.24, 2.45) is 0 Å². The molecular formula is C22H25N3O2S. The van der Waals surface area contributed by atoms with E-state index in [9.17, 15) is 8.42 Å². The van der Waals surface area contributed by atoms with Crippen LogP contribution in [0.15, 0.2) is 79.0 Å². The van der Waals surface area contributed by atoms with E-state index in [1.54, 1.807) is 18.3 Å². The minimum Gasteiger partial charge on any atom is -0.370 e. The first-order chi connectivity index (χ1) is 13.6. The third kappa shape index (κ3) is 6.70. The molecule has 2 N–H and O–H groups in total. The zero-order valence-electron chi connectivity index (χ0n) is 15.7. The van der Waals surface area contributed by atoms with Crippen LogP contribution in [-0.2, 0) is 22.9 Å². The van der Waals surface area contributed by atoms with Gasteiger partial charge in [-0.15, -0.1) is 0 Å². The molecule has 146 valence electrons. The maximum atomic E-state index is 12.2. The van der Waals surface area contributed by atoms with Gasteiger partial charge in [-0.2, -0.15) is 0 Å². The van der Waals surface area contributed by atoms with E-state index in [1.807, 2.05) is 48.5 Å². The van der Waals surface area contributed by atoms with Crippen LogP contribution in [-0.4, -0.2) is 25.7 Å². The Kier molecular flexibility index (Phi) is 7.03. The van der Waals surface area contributed by atoms with Crippen LogP contribution in [0, 0.1) is 0 Å². The average molecular weight is 396 g/mol. The summed E-state index contributed by atoms with van der Waals surface area (Å²) in [7, 11) is -3.41. The van der Waals surface area contributed by atoms with E-state index >= 15 is 0 Å². The lowest BCUT2D eigenvalue weighted by atomic mass is 10.1. The lowest BCUT2D eigenvalue weighted by Crippen LogP contribution is -2.18. The molecule has 0 spiro atoms. The van der Waals surface area contributed by atoms with Gasteiger partial charge in [0.1, 0.15) is 5.82 Å². The number of rotatable bonds is 10. The molecule has 28 heavy (non-hydrogen) atoms. The third-order valence-electron chi connectivity index (χ3n) is 4.33. The van der Waals surface area contributed by atoms with Gasteiger partial charge in [0.2, 0.25) is 10.0 Å². The van der Waals surface area contributed by atoms with Gasteiger partial charge >= 0.3 is 0 Å². The predicted octanol–water partition coefficient (Wildman–Crippen LogP) is 4.11. The fraction of sp³-hybridized carbons (Fsp3) is 0.227. The summed E-state index contributed by atoms with van der Waals surface area (Å²) in [6.07, 6.45) is 4.02. The highest BCUT2D eigenvalue weighted by molar-refractivity contribution is 7.92. The molecule has 0 aliphatic carbocycles. The zero-order chi connectivity index (χ0) is 19.7. The van der Waals surface area contributed by atoms with Gasteiger partial charge < -0.3 is 5.32 Å². The summed E-state index contributed by atoms with van der Waals surface area (Å²) in [6.45, 7) is 0.810. The predicted molar refractivity (Wildman–Crippen MR) is 115 cm³/mol. The van der Waals surface area contributed by atoms with Gasteiger partial charge in [0.25, 0.3) is 0 Å². The molecule has 1 aromatic heterocycles. The average Bonchev–Trinajstić information content (AvgIpc) is 2.72. The second-order valence-electron chi connectivity index (χ2n) is 6.60. The largest absolute Gasteiger partial charge is 0.370 e. The van der Waals surface area contributed by atoms with Gasteiger partial charge in [-0.05, 0) is 42.5 Å². The Labute approximate surface area is 166 Å². The van der Waals surface area contributed by atoms with Crippen LogP contribution in [0.3, 0.4) is 0 Å². The summed E-state index contributed by atoms with van der Waals surface area (Å²) in [6, 6.07) is 23.5. The zero-order valence-corrected chi connectivity index (χ0v) is 16.5. The van der Waals surface area contributed by atoms with Crippen molar-refractivity contribution in [3.05, 3.63) is 90.1 Å². The van der Waals surface area contributed by atoms with E-state index in [-0.39, 0.29) is 5.75 Å².